The quantitative estimate of drug-likeness (QED) is 0.216. The van der Waals surface area contributed by atoms with E-state index in [-0.39, 0.29) is 34.4 Å². The minimum Gasteiger partial charge on any atom is -0.418 e. The first-order valence-corrected chi connectivity index (χ1v) is 15.7. The monoisotopic (exact) mass is 620 g/mol. The van der Waals surface area contributed by atoms with Gasteiger partial charge >= 0.3 is 0 Å². The molecule has 14 heteroatoms. The molecule has 0 spiro atoms. The molecule has 43 heavy (non-hydrogen) atoms. The Morgan fingerprint density at radius 2 is 1.56 bits per heavy atom. The zero-order valence-corrected chi connectivity index (χ0v) is 26.9. The highest BCUT2D eigenvalue weighted by Crippen LogP contribution is 2.14. The lowest BCUT2D eigenvalue weighted by atomic mass is 9.97. The summed E-state index contributed by atoms with van der Waals surface area (Å²) in [6.45, 7) is 14.8. The van der Waals surface area contributed by atoms with Crippen LogP contribution < -0.4 is 20.7 Å². The zero-order chi connectivity index (χ0) is 32.5. The van der Waals surface area contributed by atoms with E-state index in [1.807, 2.05) is 34.6 Å². The summed E-state index contributed by atoms with van der Waals surface area (Å²) in [5, 5.41) is 15.4. The number of nitrogens with one attached hydrogen (secondary N) is 4. The first-order valence-electron chi connectivity index (χ1n) is 14.2. The third kappa shape index (κ3) is 11.5. The van der Waals surface area contributed by atoms with Crippen LogP contribution in [0.3, 0.4) is 0 Å². The lowest BCUT2D eigenvalue weighted by Gasteiger charge is -2.24. The fourth-order valence-corrected chi connectivity index (χ4v) is 5.00. The second-order valence-corrected chi connectivity index (χ2v) is 13.9. The highest BCUT2D eigenvalue weighted by atomic mass is 32.2. The molecule has 0 saturated carbocycles. The second-order valence-electron chi connectivity index (χ2n) is 12.2. The number of aryl methyl sites for hydroxylation is 2. The van der Waals surface area contributed by atoms with Crippen LogP contribution in [0.4, 0.5) is 0 Å². The molecule has 0 bridgehead atoms. The zero-order valence-electron chi connectivity index (χ0n) is 26.1. The maximum Gasteiger partial charge on any atom is 0.286 e. The SMILES string of the molecule is CCc1nnc(C(=O)C(CC(C)C)NC(=O)C(C)NC(=O)C(CC(=O)NCC(C)(C)C)NS(=O)(=O)c2ccc(C)cc2)o1. The summed E-state index contributed by atoms with van der Waals surface area (Å²) in [6, 6.07) is 2.28. The number of carbonyl (C=O) groups is 4. The van der Waals surface area contributed by atoms with Crippen LogP contribution in [0.25, 0.3) is 0 Å². The van der Waals surface area contributed by atoms with E-state index in [4.69, 9.17) is 4.42 Å². The molecule has 0 saturated heterocycles. The standard InChI is InChI=1S/C29H44N6O7S/c1-9-24-33-34-28(42-24)25(37)21(14-17(2)3)32-26(38)19(5)31-27(39)22(15-23(36)30-16-29(6,7)8)35-43(40,41)20-12-10-18(4)11-13-20/h10-13,17,19,21-22,35H,9,14-16H2,1-8H3,(H,30,36)(H,31,39)(H,32,38). The van der Waals surface area contributed by atoms with E-state index in [9.17, 15) is 27.6 Å². The number of amides is 3. The Morgan fingerprint density at radius 3 is 2.09 bits per heavy atom. The van der Waals surface area contributed by atoms with E-state index < -0.39 is 58.1 Å². The number of hydrogen-bond donors (Lipinski definition) is 4. The van der Waals surface area contributed by atoms with Gasteiger partial charge in [0.25, 0.3) is 5.89 Å². The molecule has 2 aromatic rings. The number of ketones is 1. The van der Waals surface area contributed by atoms with Crippen molar-refractivity contribution in [3.8, 4) is 0 Å². The summed E-state index contributed by atoms with van der Waals surface area (Å²) in [5.41, 5.74) is 0.596. The van der Waals surface area contributed by atoms with Gasteiger partial charge in [-0.2, -0.15) is 4.72 Å². The van der Waals surface area contributed by atoms with Crippen molar-refractivity contribution in [1.82, 2.24) is 30.9 Å². The Morgan fingerprint density at radius 1 is 0.930 bits per heavy atom. The fourth-order valence-electron chi connectivity index (χ4n) is 3.81. The molecule has 0 aliphatic rings. The molecule has 2 rings (SSSR count). The number of nitrogens with zero attached hydrogens (tertiary/aromatic N) is 2. The number of carbonyl (C=O) groups excluding carboxylic acids is 4. The van der Waals surface area contributed by atoms with Crippen molar-refractivity contribution < 1.29 is 32.0 Å². The average Bonchev–Trinajstić information content (AvgIpc) is 3.39. The Balaban J connectivity index is 2.21. The van der Waals surface area contributed by atoms with Crippen LogP contribution in [0.2, 0.25) is 0 Å². The van der Waals surface area contributed by atoms with E-state index in [2.05, 4.69) is 30.9 Å². The molecule has 3 atom stereocenters. The van der Waals surface area contributed by atoms with Gasteiger partial charge in [-0.05, 0) is 43.7 Å². The van der Waals surface area contributed by atoms with Gasteiger partial charge in [-0.15, -0.1) is 10.2 Å². The van der Waals surface area contributed by atoms with E-state index in [1.54, 1.807) is 26.0 Å². The van der Waals surface area contributed by atoms with Crippen molar-refractivity contribution in [3.05, 3.63) is 41.6 Å². The number of hydrogen-bond acceptors (Lipinski definition) is 9. The molecule has 0 aliphatic heterocycles. The maximum atomic E-state index is 13.3. The fraction of sp³-hybridized carbons (Fsp3) is 0.586. The molecule has 1 aromatic heterocycles. The van der Waals surface area contributed by atoms with Gasteiger partial charge in [-0.1, -0.05) is 59.2 Å². The topological polar surface area (TPSA) is 189 Å². The number of Topliss-reactive ketones (excluding diaryl/α,β-unsaturated/α-hetero) is 1. The number of rotatable bonds is 15. The lowest BCUT2D eigenvalue weighted by Crippen LogP contribution is -2.55. The molecule has 0 radical (unpaired) electrons. The summed E-state index contributed by atoms with van der Waals surface area (Å²) in [7, 11) is -4.20. The van der Waals surface area contributed by atoms with Crippen LogP contribution >= 0.6 is 0 Å². The molecular formula is C29H44N6O7S. The van der Waals surface area contributed by atoms with E-state index >= 15 is 0 Å². The molecule has 13 nitrogen and oxygen atoms in total. The predicted octanol–water partition coefficient (Wildman–Crippen LogP) is 2.06. The van der Waals surface area contributed by atoms with Crippen LogP contribution in [0.5, 0.6) is 0 Å². The summed E-state index contributed by atoms with van der Waals surface area (Å²) in [5.74, 6) is -2.63. The predicted molar refractivity (Wildman–Crippen MR) is 159 cm³/mol. The summed E-state index contributed by atoms with van der Waals surface area (Å²) >= 11 is 0. The third-order valence-corrected chi connectivity index (χ3v) is 7.71. The first-order chi connectivity index (χ1) is 19.9. The lowest BCUT2D eigenvalue weighted by molar-refractivity contribution is -0.131. The van der Waals surface area contributed by atoms with Gasteiger partial charge in [0, 0.05) is 13.0 Å². The van der Waals surface area contributed by atoms with Crippen LogP contribution in [0, 0.1) is 18.3 Å². The second kappa shape index (κ2) is 15.2. The van der Waals surface area contributed by atoms with Crippen LogP contribution in [-0.4, -0.2) is 66.8 Å². The van der Waals surface area contributed by atoms with E-state index in [1.165, 1.54) is 19.1 Å². The van der Waals surface area contributed by atoms with Crippen molar-refractivity contribution in [2.75, 3.05) is 6.54 Å². The molecule has 3 unspecified atom stereocenters. The van der Waals surface area contributed by atoms with Crippen molar-refractivity contribution in [1.29, 1.82) is 0 Å². The van der Waals surface area contributed by atoms with Crippen molar-refractivity contribution in [3.63, 3.8) is 0 Å². The molecule has 238 valence electrons. The summed E-state index contributed by atoms with van der Waals surface area (Å²) < 4.78 is 33.9. The van der Waals surface area contributed by atoms with Gasteiger partial charge in [-0.25, -0.2) is 8.42 Å². The Bertz CT molecular complexity index is 1380. The number of sulfonamides is 1. The normalized spacial score (nSPS) is 14.1. The van der Waals surface area contributed by atoms with Gasteiger partial charge < -0.3 is 20.4 Å². The van der Waals surface area contributed by atoms with Gasteiger partial charge in [0.2, 0.25) is 39.4 Å². The minimum absolute atomic E-state index is 0.0138. The first kappa shape index (κ1) is 35.5. The maximum absolute atomic E-state index is 13.3. The van der Waals surface area contributed by atoms with Crippen LogP contribution in [-0.2, 0) is 30.8 Å². The third-order valence-electron chi connectivity index (χ3n) is 6.22. The summed E-state index contributed by atoms with van der Waals surface area (Å²) in [4.78, 5) is 52.1. The smallest absolute Gasteiger partial charge is 0.286 e. The van der Waals surface area contributed by atoms with E-state index in [0.29, 0.717) is 13.0 Å². The summed E-state index contributed by atoms with van der Waals surface area (Å²) in [6.07, 6.45) is 0.197. The number of aromatic nitrogens is 2. The minimum atomic E-state index is -4.20. The van der Waals surface area contributed by atoms with Crippen LogP contribution in [0.1, 0.15) is 83.4 Å². The van der Waals surface area contributed by atoms with Crippen molar-refractivity contribution in [2.24, 2.45) is 11.3 Å². The van der Waals surface area contributed by atoms with E-state index in [0.717, 1.165) is 5.56 Å². The highest BCUT2D eigenvalue weighted by molar-refractivity contribution is 7.89. The molecule has 0 fully saturated rings. The molecular weight excluding hydrogens is 576 g/mol. The van der Waals surface area contributed by atoms with Crippen molar-refractivity contribution in [2.45, 2.75) is 97.7 Å². The van der Waals surface area contributed by atoms with Crippen molar-refractivity contribution >= 4 is 33.5 Å². The molecule has 1 aromatic carbocycles. The molecule has 4 N–H and O–H groups in total. The van der Waals surface area contributed by atoms with Crippen LogP contribution in [0.15, 0.2) is 33.6 Å². The van der Waals surface area contributed by atoms with Gasteiger partial charge in [0.1, 0.15) is 12.1 Å². The van der Waals surface area contributed by atoms with Gasteiger partial charge in [-0.3, -0.25) is 19.2 Å². The largest absolute Gasteiger partial charge is 0.418 e. The van der Waals surface area contributed by atoms with Gasteiger partial charge in [0.05, 0.1) is 17.4 Å². The molecule has 1 heterocycles. The average molecular weight is 621 g/mol. The molecule has 0 aliphatic carbocycles. The Labute approximate surface area is 253 Å². The molecule has 3 amide bonds. The Hall–Kier alpha value is -3.65. The Kier molecular flexibility index (Phi) is 12.6. The number of benzene rings is 1. The van der Waals surface area contributed by atoms with Gasteiger partial charge in [0.15, 0.2) is 0 Å². The highest BCUT2D eigenvalue weighted by Gasteiger charge is 2.32.